The van der Waals surface area contributed by atoms with Gasteiger partial charge in [-0.15, -0.1) is 0 Å². The predicted octanol–water partition coefficient (Wildman–Crippen LogP) is 3.22. The van der Waals surface area contributed by atoms with Crippen molar-refractivity contribution in [1.82, 2.24) is 5.32 Å². The minimum atomic E-state index is -0.865. The van der Waals surface area contributed by atoms with Crippen molar-refractivity contribution < 1.29 is 18.3 Å². The zero-order valence-electron chi connectivity index (χ0n) is 12.6. The van der Waals surface area contributed by atoms with Gasteiger partial charge in [-0.3, -0.25) is 4.79 Å². The number of nitrogens with one attached hydrogen (secondary N) is 1. The highest BCUT2D eigenvalue weighted by Gasteiger charge is 2.15. The molecule has 0 amide bonds. The van der Waals surface area contributed by atoms with Gasteiger partial charge in [0.05, 0.1) is 13.5 Å². The summed E-state index contributed by atoms with van der Waals surface area (Å²) in [5.41, 5.74) is 0.658. The number of unbranched alkanes of at least 4 members (excludes halogenated alkanes) is 2. The lowest BCUT2D eigenvalue weighted by molar-refractivity contribution is -0.141. The molecule has 1 N–H and O–H groups in total. The van der Waals surface area contributed by atoms with E-state index in [0.717, 1.165) is 31.9 Å². The highest BCUT2D eigenvalue weighted by Crippen LogP contribution is 2.12. The maximum atomic E-state index is 13.2. The Bertz CT molecular complexity index is 452. The molecule has 0 bridgehead atoms. The molecule has 118 valence electrons. The van der Waals surface area contributed by atoms with E-state index in [9.17, 15) is 13.6 Å². The van der Waals surface area contributed by atoms with Gasteiger partial charge in [-0.2, -0.15) is 0 Å². The Balaban J connectivity index is 2.61. The first-order chi connectivity index (χ1) is 10.1. The highest BCUT2D eigenvalue weighted by molar-refractivity contribution is 5.70. The van der Waals surface area contributed by atoms with Gasteiger partial charge in [0, 0.05) is 6.04 Å². The lowest BCUT2D eigenvalue weighted by Gasteiger charge is -2.18. The van der Waals surface area contributed by atoms with Crippen molar-refractivity contribution in [2.24, 2.45) is 0 Å². The first-order valence-electron chi connectivity index (χ1n) is 7.31. The molecule has 0 radical (unpaired) electrons. The van der Waals surface area contributed by atoms with E-state index in [1.54, 1.807) is 0 Å². The van der Waals surface area contributed by atoms with E-state index in [2.05, 4.69) is 17.0 Å². The molecule has 3 nitrogen and oxygen atoms in total. The number of hydrogen-bond donors (Lipinski definition) is 1. The predicted molar refractivity (Wildman–Crippen MR) is 78.0 cm³/mol. The molecule has 1 aromatic rings. The molecular weight excluding hydrogens is 276 g/mol. The van der Waals surface area contributed by atoms with Gasteiger partial charge >= 0.3 is 5.97 Å². The molecule has 0 aliphatic rings. The molecule has 0 fully saturated rings. The van der Waals surface area contributed by atoms with Crippen molar-refractivity contribution in [1.29, 1.82) is 0 Å². The lowest BCUT2D eigenvalue weighted by Crippen LogP contribution is -2.34. The molecule has 0 aromatic heterocycles. The molecule has 0 saturated heterocycles. The quantitative estimate of drug-likeness (QED) is 0.562. The average Bonchev–Trinajstić information content (AvgIpc) is 2.47. The van der Waals surface area contributed by atoms with Crippen LogP contribution < -0.4 is 5.32 Å². The largest absolute Gasteiger partial charge is 0.469 e. The van der Waals surface area contributed by atoms with Crippen LogP contribution in [0.3, 0.4) is 0 Å². The summed E-state index contributed by atoms with van der Waals surface area (Å²) in [6.45, 7) is 2.91. The standard InChI is InChI=1S/C16H23F2NO2/c1-3-4-5-8-19-13(11-16(20)21-2)9-12-6-7-14(17)15(18)10-12/h6-7,10,13,19H,3-5,8-9,11H2,1-2H3. The second-order valence-electron chi connectivity index (χ2n) is 5.09. The number of carbonyl (C=O) groups excluding carboxylic acids is 1. The Labute approximate surface area is 124 Å². The van der Waals surface area contributed by atoms with Gasteiger partial charge in [0.15, 0.2) is 11.6 Å². The van der Waals surface area contributed by atoms with Gasteiger partial charge in [0.2, 0.25) is 0 Å². The van der Waals surface area contributed by atoms with Crippen LogP contribution in [0, 0.1) is 11.6 Å². The third-order valence-electron chi connectivity index (χ3n) is 3.32. The van der Waals surface area contributed by atoms with Gasteiger partial charge in [-0.05, 0) is 37.1 Å². The van der Waals surface area contributed by atoms with Crippen molar-refractivity contribution in [2.75, 3.05) is 13.7 Å². The molecule has 0 aliphatic heterocycles. The SMILES string of the molecule is CCCCCNC(CC(=O)OC)Cc1ccc(F)c(F)c1. The Hall–Kier alpha value is -1.49. The van der Waals surface area contributed by atoms with Crippen LogP contribution in [0.25, 0.3) is 0 Å². The molecule has 0 heterocycles. The number of halogens is 2. The second-order valence-corrected chi connectivity index (χ2v) is 5.09. The zero-order chi connectivity index (χ0) is 15.7. The summed E-state index contributed by atoms with van der Waals surface area (Å²) >= 11 is 0. The van der Waals surface area contributed by atoms with E-state index in [1.807, 2.05) is 0 Å². The van der Waals surface area contributed by atoms with E-state index in [4.69, 9.17) is 0 Å². The van der Waals surface area contributed by atoms with Crippen molar-refractivity contribution >= 4 is 5.97 Å². The van der Waals surface area contributed by atoms with Crippen molar-refractivity contribution in [3.8, 4) is 0 Å². The van der Waals surface area contributed by atoms with Crippen LogP contribution in [0.2, 0.25) is 0 Å². The number of carbonyl (C=O) groups is 1. The van der Waals surface area contributed by atoms with E-state index in [1.165, 1.54) is 19.2 Å². The average molecular weight is 299 g/mol. The number of rotatable bonds is 9. The molecule has 1 aromatic carbocycles. The van der Waals surface area contributed by atoms with E-state index in [0.29, 0.717) is 12.0 Å². The molecule has 21 heavy (non-hydrogen) atoms. The minimum Gasteiger partial charge on any atom is -0.469 e. The fourth-order valence-corrected chi connectivity index (χ4v) is 2.13. The summed E-state index contributed by atoms with van der Waals surface area (Å²) in [6, 6.07) is 3.68. The fourth-order valence-electron chi connectivity index (χ4n) is 2.13. The molecule has 0 saturated carbocycles. The summed E-state index contributed by atoms with van der Waals surface area (Å²) in [7, 11) is 1.34. The Morgan fingerprint density at radius 3 is 2.67 bits per heavy atom. The third-order valence-corrected chi connectivity index (χ3v) is 3.32. The third kappa shape index (κ3) is 6.67. The normalized spacial score (nSPS) is 12.2. The van der Waals surface area contributed by atoms with Crippen LogP contribution in [0.4, 0.5) is 8.78 Å². The first-order valence-corrected chi connectivity index (χ1v) is 7.31. The lowest BCUT2D eigenvalue weighted by atomic mass is 10.0. The Kier molecular flexibility index (Phi) is 7.90. The summed E-state index contributed by atoms with van der Waals surface area (Å²) in [6.07, 6.45) is 3.92. The van der Waals surface area contributed by atoms with E-state index < -0.39 is 11.6 Å². The van der Waals surface area contributed by atoms with Crippen LogP contribution >= 0.6 is 0 Å². The van der Waals surface area contributed by atoms with Gasteiger partial charge in [0.1, 0.15) is 0 Å². The fraction of sp³-hybridized carbons (Fsp3) is 0.562. The van der Waals surface area contributed by atoms with Crippen LogP contribution in [0.5, 0.6) is 0 Å². The van der Waals surface area contributed by atoms with Crippen LogP contribution in [0.1, 0.15) is 38.2 Å². The van der Waals surface area contributed by atoms with Crippen molar-refractivity contribution in [3.63, 3.8) is 0 Å². The monoisotopic (exact) mass is 299 g/mol. The van der Waals surface area contributed by atoms with Crippen molar-refractivity contribution in [2.45, 2.75) is 45.1 Å². The van der Waals surface area contributed by atoms with Crippen LogP contribution in [-0.2, 0) is 16.0 Å². The summed E-state index contributed by atoms with van der Waals surface area (Å²) < 4.78 is 30.8. The molecule has 1 rings (SSSR count). The molecule has 0 aliphatic carbocycles. The number of benzene rings is 1. The first kappa shape index (κ1) is 17.6. The number of esters is 1. The smallest absolute Gasteiger partial charge is 0.307 e. The minimum absolute atomic E-state index is 0.140. The van der Waals surface area contributed by atoms with E-state index in [-0.39, 0.29) is 18.4 Å². The molecule has 0 spiro atoms. The van der Waals surface area contributed by atoms with Gasteiger partial charge in [0.25, 0.3) is 0 Å². The highest BCUT2D eigenvalue weighted by atomic mass is 19.2. The maximum absolute atomic E-state index is 13.2. The topological polar surface area (TPSA) is 38.3 Å². The number of hydrogen-bond acceptors (Lipinski definition) is 3. The summed E-state index contributed by atoms with van der Waals surface area (Å²) in [5, 5.41) is 3.29. The zero-order valence-corrected chi connectivity index (χ0v) is 12.6. The Morgan fingerprint density at radius 2 is 2.05 bits per heavy atom. The van der Waals surface area contributed by atoms with Crippen LogP contribution in [-0.4, -0.2) is 25.7 Å². The maximum Gasteiger partial charge on any atom is 0.307 e. The van der Waals surface area contributed by atoms with E-state index >= 15 is 0 Å². The van der Waals surface area contributed by atoms with Gasteiger partial charge in [-0.1, -0.05) is 25.8 Å². The summed E-state index contributed by atoms with van der Waals surface area (Å²) in [5.74, 6) is -2.04. The Morgan fingerprint density at radius 1 is 1.29 bits per heavy atom. The van der Waals surface area contributed by atoms with Crippen molar-refractivity contribution in [3.05, 3.63) is 35.4 Å². The van der Waals surface area contributed by atoms with Gasteiger partial charge in [-0.25, -0.2) is 8.78 Å². The summed E-state index contributed by atoms with van der Waals surface area (Å²) in [4.78, 5) is 11.4. The molecule has 5 heteroatoms. The molecule has 1 unspecified atom stereocenters. The molecular formula is C16H23F2NO2. The van der Waals surface area contributed by atoms with Crippen LogP contribution in [0.15, 0.2) is 18.2 Å². The number of ether oxygens (including phenoxy) is 1. The van der Waals surface area contributed by atoms with Gasteiger partial charge < -0.3 is 10.1 Å². The molecule has 1 atom stereocenters. The second kappa shape index (κ2) is 9.45. The number of methoxy groups -OCH3 is 1.